The standard InChI is InChI=1S/C36H24N4/c1-2-11-25(12-3-1)28-13-4-7-17-32(28)40-35(38-31-16-10-24-37-36(31)40)26-20-22-27(23-21-26)39-33-18-8-5-14-29(33)30-15-6-9-19-34(30)39/h1-24H. The molecule has 5 aromatic carbocycles. The minimum absolute atomic E-state index is 0.840. The van der Waals surface area contributed by atoms with Crippen LogP contribution in [0.5, 0.6) is 0 Å². The van der Waals surface area contributed by atoms with Gasteiger partial charge in [-0.25, -0.2) is 9.97 Å². The van der Waals surface area contributed by atoms with E-state index in [4.69, 9.17) is 9.97 Å². The van der Waals surface area contributed by atoms with Gasteiger partial charge in [0.15, 0.2) is 5.65 Å². The molecule has 4 heteroatoms. The summed E-state index contributed by atoms with van der Waals surface area (Å²) >= 11 is 0. The molecule has 0 radical (unpaired) electrons. The number of rotatable bonds is 4. The zero-order valence-electron chi connectivity index (χ0n) is 21.6. The van der Waals surface area contributed by atoms with Gasteiger partial charge in [-0.05, 0) is 60.2 Å². The van der Waals surface area contributed by atoms with E-state index in [0.29, 0.717) is 0 Å². The summed E-state index contributed by atoms with van der Waals surface area (Å²) in [5, 5.41) is 2.51. The fourth-order valence-corrected chi connectivity index (χ4v) is 5.83. The predicted octanol–water partition coefficient (Wildman–Crippen LogP) is 8.85. The number of hydrogen-bond donors (Lipinski definition) is 0. The maximum atomic E-state index is 5.08. The largest absolute Gasteiger partial charge is 0.309 e. The highest BCUT2D eigenvalue weighted by molar-refractivity contribution is 6.09. The van der Waals surface area contributed by atoms with Gasteiger partial charge in [-0.1, -0.05) is 84.9 Å². The topological polar surface area (TPSA) is 35.6 Å². The van der Waals surface area contributed by atoms with Crippen molar-refractivity contribution in [1.82, 2.24) is 19.1 Å². The monoisotopic (exact) mass is 512 g/mol. The van der Waals surface area contributed by atoms with Crippen LogP contribution in [0.25, 0.3) is 66.9 Å². The lowest BCUT2D eigenvalue weighted by molar-refractivity contribution is 1.08. The molecule has 8 rings (SSSR count). The molecule has 40 heavy (non-hydrogen) atoms. The zero-order chi connectivity index (χ0) is 26.5. The quantitative estimate of drug-likeness (QED) is 0.236. The maximum Gasteiger partial charge on any atom is 0.164 e. The van der Waals surface area contributed by atoms with Gasteiger partial charge >= 0.3 is 0 Å². The van der Waals surface area contributed by atoms with Crippen molar-refractivity contribution in [1.29, 1.82) is 0 Å². The number of pyridine rings is 1. The first-order valence-electron chi connectivity index (χ1n) is 13.4. The van der Waals surface area contributed by atoms with Crippen molar-refractivity contribution in [2.45, 2.75) is 0 Å². The average molecular weight is 513 g/mol. The van der Waals surface area contributed by atoms with Crippen LogP contribution in [0.1, 0.15) is 0 Å². The SMILES string of the molecule is c1ccc(-c2ccccc2-n2c(-c3ccc(-n4c5ccccc5c5ccccc54)cc3)nc3cccnc32)cc1. The predicted molar refractivity (Wildman–Crippen MR) is 164 cm³/mol. The highest BCUT2D eigenvalue weighted by atomic mass is 15.1. The fourth-order valence-electron chi connectivity index (χ4n) is 5.83. The van der Waals surface area contributed by atoms with E-state index in [2.05, 4.69) is 130 Å². The Morgan fingerprint density at radius 1 is 0.475 bits per heavy atom. The van der Waals surface area contributed by atoms with Crippen molar-refractivity contribution in [3.05, 3.63) is 146 Å². The lowest BCUT2D eigenvalue weighted by atomic mass is 10.0. The van der Waals surface area contributed by atoms with Crippen LogP contribution < -0.4 is 0 Å². The third-order valence-electron chi connectivity index (χ3n) is 7.61. The summed E-state index contributed by atoms with van der Waals surface area (Å²) in [5.41, 5.74) is 9.60. The molecule has 4 nitrogen and oxygen atoms in total. The number of fused-ring (bicyclic) bond motifs is 4. The lowest BCUT2D eigenvalue weighted by Crippen LogP contribution is -2.01. The van der Waals surface area contributed by atoms with Crippen molar-refractivity contribution in [3.8, 4) is 33.9 Å². The highest BCUT2D eigenvalue weighted by Gasteiger charge is 2.19. The molecule has 0 saturated heterocycles. The molecule has 0 unspecified atom stereocenters. The molecule has 0 N–H and O–H groups in total. The molecule has 0 aliphatic carbocycles. The normalized spacial score (nSPS) is 11.5. The van der Waals surface area contributed by atoms with E-state index in [0.717, 1.165) is 45.1 Å². The molecular weight excluding hydrogens is 488 g/mol. The minimum atomic E-state index is 0.840. The number of nitrogens with zero attached hydrogens (tertiary/aromatic N) is 4. The molecule has 0 saturated carbocycles. The van der Waals surface area contributed by atoms with Crippen LogP contribution in [-0.4, -0.2) is 19.1 Å². The Morgan fingerprint density at radius 2 is 1.12 bits per heavy atom. The number of benzene rings is 5. The van der Waals surface area contributed by atoms with Gasteiger partial charge in [-0.3, -0.25) is 4.57 Å². The molecule has 0 atom stereocenters. The molecule has 3 heterocycles. The molecular formula is C36H24N4. The summed E-state index contributed by atoms with van der Waals surface area (Å²) < 4.78 is 4.52. The van der Waals surface area contributed by atoms with Gasteiger partial charge < -0.3 is 4.57 Å². The molecule has 0 amide bonds. The number of imidazole rings is 1. The number of aromatic nitrogens is 4. The highest BCUT2D eigenvalue weighted by Crippen LogP contribution is 2.35. The molecule has 0 bridgehead atoms. The molecule has 188 valence electrons. The van der Waals surface area contributed by atoms with Crippen LogP contribution >= 0.6 is 0 Å². The summed E-state index contributed by atoms with van der Waals surface area (Å²) in [6.07, 6.45) is 1.83. The third kappa shape index (κ3) is 3.47. The van der Waals surface area contributed by atoms with Crippen LogP contribution in [0.3, 0.4) is 0 Å². The van der Waals surface area contributed by atoms with Crippen LogP contribution in [0.4, 0.5) is 0 Å². The van der Waals surface area contributed by atoms with Crippen LogP contribution in [0.15, 0.2) is 146 Å². The Hall–Kier alpha value is -5.48. The molecule has 0 aliphatic heterocycles. The van der Waals surface area contributed by atoms with E-state index in [9.17, 15) is 0 Å². The zero-order valence-corrected chi connectivity index (χ0v) is 21.6. The van der Waals surface area contributed by atoms with Crippen molar-refractivity contribution >= 4 is 33.0 Å². The van der Waals surface area contributed by atoms with Crippen molar-refractivity contribution in [3.63, 3.8) is 0 Å². The van der Waals surface area contributed by atoms with Crippen molar-refractivity contribution in [2.24, 2.45) is 0 Å². The van der Waals surface area contributed by atoms with Gasteiger partial charge in [0.2, 0.25) is 0 Å². The van der Waals surface area contributed by atoms with Gasteiger partial charge in [0.05, 0.1) is 16.7 Å². The Morgan fingerprint density at radius 3 is 1.88 bits per heavy atom. The van der Waals surface area contributed by atoms with Crippen molar-refractivity contribution < 1.29 is 0 Å². The molecule has 0 aliphatic rings. The van der Waals surface area contributed by atoms with E-state index in [1.165, 1.54) is 21.8 Å². The first-order chi connectivity index (χ1) is 19.9. The Kier molecular flexibility index (Phi) is 5.10. The van der Waals surface area contributed by atoms with E-state index >= 15 is 0 Å². The summed E-state index contributed by atoms with van der Waals surface area (Å²) in [5.74, 6) is 0.867. The van der Waals surface area contributed by atoms with Gasteiger partial charge in [-0.15, -0.1) is 0 Å². The van der Waals surface area contributed by atoms with Gasteiger partial charge in [0, 0.05) is 33.8 Å². The number of hydrogen-bond acceptors (Lipinski definition) is 2. The molecule has 3 aromatic heterocycles. The van der Waals surface area contributed by atoms with Gasteiger partial charge in [-0.2, -0.15) is 0 Å². The van der Waals surface area contributed by atoms with Gasteiger partial charge in [0.25, 0.3) is 0 Å². The first-order valence-corrected chi connectivity index (χ1v) is 13.4. The second kappa shape index (κ2) is 9.07. The van der Waals surface area contributed by atoms with E-state index in [1.807, 2.05) is 24.4 Å². The van der Waals surface area contributed by atoms with Gasteiger partial charge in [0.1, 0.15) is 11.3 Å². The summed E-state index contributed by atoms with van der Waals surface area (Å²) in [7, 11) is 0. The summed E-state index contributed by atoms with van der Waals surface area (Å²) in [6.45, 7) is 0. The number of para-hydroxylation sites is 3. The Bertz CT molecular complexity index is 2100. The van der Waals surface area contributed by atoms with E-state index in [1.54, 1.807) is 0 Å². The molecule has 8 aromatic rings. The summed E-state index contributed by atoms with van der Waals surface area (Å²) in [4.78, 5) is 9.84. The maximum absolute atomic E-state index is 5.08. The third-order valence-corrected chi connectivity index (χ3v) is 7.61. The molecule has 0 spiro atoms. The second-order valence-electron chi connectivity index (χ2n) is 9.92. The van der Waals surface area contributed by atoms with Crippen LogP contribution in [0.2, 0.25) is 0 Å². The van der Waals surface area contributed by atoms with Crippen molar-refractivity contribution in [2.75, 3.05) is 0 Å². The lowest BCUT2D eigenvalue weighted by Gasteiger charge is -2.15. The summed E-state index contributed by atoms with van der Waals surface area (Å²) in [6, 6.07) is 48.8. The Labute approximate surface area is 231 Å². The second-order valence-corrected chi connectivity index (χ2v) is 9.92. The Balaban J connectivity index is 1.32. The average Bonchev–Trinajstić information content (AvgIpc) is 3.58. The fraction of sp³-hybridized carbons (Fsp3) is 0. The smallest absolute Gasteiger partial charge is 0.164 e. The molecule has 0 fully saturated rings. The minimum Gasteiger partial charge on any atom is -0.309 e. The van der Waals surface area contributed by atoms with E-state index in [-0.39, 0.29) is 0 Å². The van der Waals surface area contributed by atoms with Crippen LogP contribution in [0, 0.1) is 0 Å². The van der Waals surface area contributed by atoms with Crippen LogP contribution in [-0.2, 0) is 0 Å². The van der Waals surface area contributed by atoms with E-state index < -0.39 is 0 Å². The first kappa shape index (κ1) is 22.5.